The van der Waals surface area contributed by atoms with Gasteiger partial charge in [-0.2, -0.15) is 0 Å². The number of carbonyl (C=O) groups is 2. The number of carbonyl (C=O) groups excluding carboxylic acids is 2. The molecule has 18 heavy (non-hydrogen) atoms. The summed E-state index contributed by atoms with van der Waals surface area (Å²) >= 11 is 0. The van der Waals surface area contributed by atoms with Crippen molar-refractivity contribution in [1.82, 2.24) is 5.32 Å². The van der Waals surface area contributed by atoms with E-state index in [-0.39, 0.29) is 17.4 Å². The highest BCUT2D eigenvalue weighted by molar-refractivity contribution is 5.84. The van der Waals surface area contributed by atoms with Crippen molar-refractivity contribution in [2.45, 2.75) is 58.5 Å². The number of methoxy groups -OCH3 is 1. The molecule has 0 fully saturated rings. The summed E-state index contributed by atoms with van der Waals surface area (Å²) in [4.78, 5) is 23.4. The highest BCUT2D eigenvalue weighted by Crippen LogP contribution is 2.11. The Morgan fingerprint density at radius 3 is 2.33 bits per heavy atom. The Labute approximate surface area is 109 Å². The molecule has 0 rings (SSSR count). The molecule has 5 nitrogen and oxygen atoms in total. The topological polar surface area (TPSA) is 81.4 Å². The molecule has 0 aromatic carbocycles. The van der Waals surface area contributed by atoms with E-state index >= 15 is 0 Å². The van der Waals surface area contributed by atoms with E-state index in [1.165, 1.54) is 7.11 Å². The van der Waals surface area contributed by atoms with E-state index in [4.69, 9.17) is 10.5 Å². The van der Waals surface area contributed by atoms with Gasteiger partial charge in [0.2, 0.25) is 5.91 Å². The summed E-state index contributed by atoms with van der Waals surface area (Å²) in [5.41, 5.74) is 5.43. The van der Waals surface area contributed by atoms with Crippen molar-refractivity contribution in [3.63, 3.8) is 0 Å². The van der Waals surface area contributed by atoms with Crippen molar-refractivity contribution >= 4 is 11.9 Å². The minimum Gasteiger partial charge on any atom is -0.467 e. The fourth-order valence-electron chi connectivity index (χ4n) is 1.48. The predicted molar refractivity (Wildman–Crippen MR) is 70.9 cm³/mol. The van der Waals surface area contributed by atoms with E-state index < -0.39 is 12.0 Å². The van der Waals surface area contributed by atoms with Crippen molar-refractivity contribution in [3.05, 3.63) is 0 Å². The summed E-state index contributed by atoms with van der Waals surface area (Å²) in [6.45, 7) is 7.62. The van der Waals surface area contributed by atoms with Gasteiger partial charge in [0, 0.05) is 12.0 Å². The number of hydrogen-bond acceptors (Lipinski definition) is 4. The first-order valence-electron chi connectivity index (χ1n) is 6.37. The second-order valence-corrected chi connectivity index (χ2v) is 5.44. The molecule has 0 saturated carbocycles. The largest absolute Gasteiger partial charge is 0.467 e. The van der Waals surface area contributed by atoms with Gasteiger partial charge in [0.05, 0.1) is 7.11 Å². The van der Waals surface area contributed by atoms with Crippen LogP contribution in [-0.2, 0) is 14.3 Å². The molecular weight excluding hydrogens is 232 g/mol. The van der Waals surface area contributed by atoms with Crippen LogP contribution in [0.2, 0.25) is 0 Å². The lowest BCUT2D eigenvalue weighted by molar-refractivity contribution is -0.146. The van der Waals surface area contributed by atoms with Gasteiger partial charge in [0.1, 0.15) is 6.04 Å². The molecule has 0 aromatic heterocycles. The number of ether oxygens (including phenoxy) is 1. The smallest absolute Gasteiger partial charge is 0.328 e. The summed E-state index contributed by atoms with van der Waals surface area (Å²) < 4.78 is 4.70. The van der Waals surface area contributed by atoms with Crippen molar-refractivity contribution in [2.75, 3.05) is 7.11 Å². The maximum atomic E-state index is 11.8. The van der Waals surface area contributed by atoms with E-state index in [0.29, 0.717) is 12.8 Å². The van der Waals surface area contributed by atoms with Crippen molar-refractivity contribution < 1.29 is 14.3 Å². The quantitative estimate of drug-likeness (QED) is 0.672. The lowest BCUT2D eigenvalue weighted by Crippen LogP contribution is -2.46. The molecule has 0 spiro atoms. The van der Waals surface area contributed by atoms with Gasteiger partial charge in [-0.1, -0.05) is 20.3 Å². The first-order chi connectivity index (χ1) is 8.21. The number of nitrogens with one attached hydrogen (secondary N) is 1. The Kier molecular flexibility index (Phi) is 6.91. The number of esters is 1. The molecule has 0 radical (unpaired) electrons. The monoisotopic (exact) mass is 258 g/mol. The van der Waals surface area contributed by atoms with Crippen LogP contribution >= 0.6 is 0 Å². The zero-order valence-electron chi connectivity index (χ0n) is 12.1. The van der Waals surface area contributed by atoms with Crippen LogP contribution in [0.3, 0.4) is 0 Å². The van der Waals surface area contributed by atoms with Gasteiger partial charge in [0.15, 0.2) is 0 Å². The van der Waals surface area contributed by atoms with Gasteiger partial charge in [-0.25, -0.2) is 4.79 Å². The normalized spacial score (nSPS) is 14.8. The molecule has 3 N–H and O–H groups in total. The zero-order valence-corrected chi connectivity index (χ0v) is 12.1. The van der Waals surface area contributed by atoms with Crippen LogP contribution in [0.1, 0.15) is 47.0 Å². The maximum Gasteiger partial charge on any atom is 0.328 e. The minimum absolute atomic E-state index is 0.0484. The van der Waals surface area contributed by atoms with Crippen LogP contribution in [0.5, 0.6) is 0 Å². The van der Waals surface area contributed by atoms with Crippen LogP contribution < -0.4 is 11.1 Å². The summed E-state index contributed by atoms with van der Waals surface area (Å²) in [6, 6.07) is -0.576. The summed E-state index contributed by atoms with van der Waals surface area (Å²) in [5.74, 6) is -0.513. The van der Waals surface area contributed by atoms with Crippen molar-refractivity contribution in [2.24, 2.45) is 11.7 Å². The fourth-order valence-corrected chi connectivity index (χ4v) is 1.48. The third-order valence-corrected chi connectivity index (χ3v) is 2.98. The zero-order chi connectivity index (χ0) is 14.3. The number of hydrogen-bond donors (Lipinski definition) is 2. The van der Waals surface area contributed by atoms with Gasteiger partial charge in [0.25, 0.3) is 0 Å². The molecule has 5 heteroatoms. The first kappa shape index (κ1) is 16.9. The maximum absolute atomic E-state index is 11.8. The highest BCUT2D eigenvalue weighted by atomic mass is 16.5. The second kappa shape index (κ2) is 7.36. The standard InChI is InChI=1S/C13H26N2O3/c1-6-9(2)11(12(17)18-5)15-10(16)7-8-13(3,4)14/h9,11H,6-8,14H2,1-5H3,(H,15,16). The molecule has 0 aliphatic rings. The van der Waals surface area contributed by atoms with Gasteiger partial charge in [-0.15, -0.1) is 0 Å². The van der Waals surface area contributed by atoms with Gasteiger partial charge < -0.3 is 15.8 Å². The predicted octanol–water partition coefficient (Wildman–Crippen LogP) is 1.21. The summed E-state index contributed by atoms with van der Waals surface area (Å²) in [7, 11) is 1.33. The number of nitrogens with two attached hydrogens (primary N) is 1. The summed E-state index contributed by atoms with van der Waals surface area (Å²) in [6.07, 6.45) is 1.68. The molecule has 0 aliphatic heterocycles. The molecule has 2 atom stereocenters. The summed E-state index contributed by atoms with van der Waals surface area (Å²) in [5, 5.41) is 2.72. The number of amides is 1. The Morgan fingerprint density at radius 1 is 1.39 bits per heavy atom. The van der Waals surface area contributed by atoms with E-state index in [2.05, 4.69) is 5.32 Å². The van der Waals surface area contributed by atoms with Gasteiger partial charge in [-0.05, 0) is 26.2 Å². The molecular formula is C13H26N2O3. The van der Waals surface area contributed by atoms with E-state index in [9.17, 15) is 9.59 Å². The second-order valence-electron chi connectivity index (χ2n) is 5.44. The van der Waals surface area contributed by atoms with E-state index in [1.807, 2.05) is 27.7 Å². The average molecular weight is 258 g/mol. The van der Waals surface area contributed by atoms with Crippen LogP contribution in [0.4, 0.5) is 0 Å². The molecule has 0 heterocycles. The molecule has 0 saturated heterocycles. The number of rotatable bonds is 7. The Morgan fingerprint density at radius 2 is 1.94 bits per heavy atom. The van der Waals surface area contributed by atoms with Crippen LogP contribution in [0.25, 0.3) is 0 Å². The van der Waals surface area contributed by atoms with E-state index in [1.54, 1.807) is 0 Å². The molecule has 0 aliphatic carbocycles. The van der Waals surface area contributed by atoms with Crippen LogP contribution in [0, 0.1) is 5.92 Å². The lowest BCUT2D eigenvalue weighted by Gasteiger charge is -2.23. The Balaban J connectivity index is 4.41. The molecule has 0 aromatic rings. The molecule has 0 bridgehead atoms. The van der Waals surface area contributed by atoms with Crippen LogP contribution in [0.15, 0.2) is 0 Å². The molecule has 1 amide bonds. The SMILES string of the molecule is CCC(C)C(NC(=O)CCC(C)(C)N)C(=O)OC. The van der Waals surface area contributed by atoms with Crippen LogP contribution in [-0.4, -0.2) is 30.6 Å². The fraction of sp³-hybridized carbons (Fsp3) is 0.846. The van der Waals surface area contributed by atoms with Gasteiger partial charge >= 0.3 is 5.97 Å². The average Bonchev–Trinajstić information content (AvgIpc) is 2.30. The van der Waals surface area contributed by atoms with Gasteiger partial charge in [-0.3, -0.25) is 4.79 Å². The minimum atomic E-state index is -0.576. The first-order valence-corrected chi connectivity index (χ1v) is 6.37. The molecule has 2 unspecified atom stereocenters. The molecule has 106 valence electrons. The van der Waals surface area contributed by atoms with Crippen molar-refractivity contribution in [1.29, 1.82) is 0 Å². The Hall–Kier alpha value is -1.10. The highest BCUT2D eigenvalue weighted by Gasteiger charge is 2.26. The lowest BCUT2D eigenvalue weighted by atomic mass is 9.97. The van der Waals surface area contributed by atoms with Crippen molar-refractivity contribution in [3.8, 4) is 0 Å². The third kappa shape index (κ3) is 6.59. The Bertz CT molecular complexity index is 284. The third-order valence-electron chi connectivity index (χ3n) is 2.98. The van der Waals surface area contributed by atoms with E-state index in [0.717, 1.165) is 6.42 Å².